The Morgan fingerprint density at radius 1 is 0.833 bits per heavy atom. The van der Waals surface area contributed by atoms with E-state index in [1.54, 1.807) is 0 Å². The molecule has 1 unspecified atom stereocenters. The van der Waals surface area contributed by atoms with Gasteiger partial charge in [-0.05, 0) is 48.9 Å². The van der Waals surface area contributed by atoms with E-state index >= 15 is 0 Å². The van der Waals surface area contributed by atoms with Crippen molar-refractivity contribution in [2.24, 2.45) is 5.41 Å². The third kappa shape index (κ3) is 3.19. The second-order valence-electron chi connectivity index (χ2n) is 8.79. The Morgan fingerprint density at radius 2 is 1.40 bits per heavy atom. The van der Waals surface area contributed by atoms with E-state index in [-0.39, 0.29) is 17.5 Å². The van der Waals surface area contributed by atoms with Crippen molar-refractivity contribution in [3.8, 4) is 0 Å². The fourth-order valence-electron chi connectivity index (χ4n) is 5.69. The van der Waals surface area contributed by atoms with Gasteiger partial charge in [0, 0.05) is 19.0 Å². The summed E-state index contributed by atoms with van der Waals surface area (Å²) in [5.74, 6) is 0.180. The molecular weight excluding hydrogens is 368 g/mol. The molecule has 2 heterocycles. The molecule has 0 saturated carbocycles. The fraction of sp³-hybridized carbons (Fsp3) is 0.296. The molecule has 3 heteroatoms. The van der Waals surface area contributed by atoms with Crippen molar-refractivity contribution in [2.45, 2.75) is 31.8 Å². The predicted molar refractivity (Wildman–Crippen MR) is 122 cm³/mol. The zero-order valence-corrected chi connectivity index (χ0v) is 17.5. The van der Waals surface area contributed by atoms with E-state index in [1.807, 2.05) is 18.2 Å². The zero-order valence-electron chi connectivity index (χ0n) is 17.5. The number of carbonyl (C=O) groups is 1. The highest BCUT2D eigenvalue weighted by Crippen LogP contribution is 2.47. The minimum Gasteiger partial charge on any atom is -0.353 e. The van der Waals surface area contributed by atoms with Gasteiger partial charge in [-0.15, -0.1) is 0 Å². The number of carbonyl (C=O) groups excluding carboxylic acids is 1. The SMILES string of the molecule is CN1c2ccccc2C(=O)N2CCCC(Cc3ccccc3)(Cc3ccccc3)C21. The van der Waals surface area contributed by atoms with Crippen molar-refractivity contribution in [1.29, 1.82) is 0 Å². The third-order valence-corrected chi connectivity index (χ3v) is 6.86. The lowest BCUT2D eigenvalue weighted by Crippen LogP contribution is -2.65. The first-order valence-corrected chi connectivity index (χ1v) is 10.9. The van der Waals surface area contributed by atoms with Crippen LogP contribution in [0.4, 0.5) is 5.69 Å². The fourth-order valence-corrected chi connectivity index (χ4v) is 5.69. The molecule has 30 heavy (non-hydrogen) atoms. The van der Waals surface area contributed by atoms with Crippen LogP contribution in [0.5, 0.6) is 0 Å². The van der Waals surface area contributed by atoms with E-state index in [1.165, 1.54) is 11.1 Å². The summed E-state index contributed by atoms with van der Waals surface area (Å²) in [5.41, 5.74) is 4.52. The smallest absolute Gasteiger partial charge is 0.257 e. The van der Waals surface area contributed by atoms with Crippen LogP contribution in [0, 0.1) is 5.41 Å². The van der Waals surface area contributed by atoms with Crippen molar-refractivity contribution in [1.82, 2.24) is 4.90 Å². The quantitative estimate of drug-likeness (QED) is 0.607. The summed E-state index contributed by atoms with van der Waals surface area (Å²) in [7, 11) is 2.17. The average Bonchev–Trinajstić information content (AvgIpc) is 2.79. The van der Waals surface area contributed by atoms with Crippen LogP contribution in [0.15, 0.2) is 84.9 Å². The molecule has 1 atom stereocenters. The Labute approximate surface area is 178 Å². The zero-order chi connectivity index (χ0) is 20.6. The first kappa shape index (κ1) is 18.9. The number of rotatable bonds is 4. The van der Waals surface area contributed by atoms with E-state index in [9.17, 15) is 4.79 Å². The van der Waals surface area contributed by atoms with Crippen LogP contribution in [-0.2, 0) is 12.8 Å². The number of amides is 1. The first-order chi connectivity index (χ1) is 14.7. The Morgan fingerprint density at radius 3 is 2.03 bits per heavy atom. The molecule has 1 amide bonds. The number of benzene rings is 3. The maximum Gasteiger partial charge on any atom is 0.257 e. The van der Waals surface area contributed by atoms with Crippen LogP contribution in [0.25, 0.3) is 0 Å². The van der Waals surface area contributed by atoms with Gasteiger partial charge in [0.2, 0.25) is 0 Å². The van der Waals surface area contributed by atoms with Crippen molar-refractivity contribution in [3.05, 3.63) is 102 Å². The van der Waals surface area contributed by atoms with Gasteiger partial charge in [0.05, 0.1) is 11.3 Å². The highest BCUT2D eigenvalue weighted by molar-refractivity contribution is 6.02. The molecule has 3 nitrogen and oxygen atoms in total. The molecule has 152 valence electrons. The van der Waals surface area contributed by atoms with Crippen LogP contribution in [0.3, 0.4) is 0 Å². The maximum absolute atomic E-state index is 13.5. The summed E-state index contributed by atoms with van der Waals surface area (Å²) in [5, 5.41) is 0. The molecule has 0 aromatic heterocycles. The summed E-state index contributed by atoms with van der Waals surface area (Å²) in [4.78, 5) is 18.0. The molecule has 1 fully saturated rings. The largest absolute Gasteiger partial charge is 0.353 e. The van der Waals surface area contributed by atoms with Crippen molar-refractivity contribution in [2.75, 3.05) is 18.5 Å². The summed E-state index contributed by atoms with van der Waals surface area (Å²) in [6.07, 6.45) is 4.12. The maximum atomic E-state index is 13.5. The van der Waals surface area contributed by atoms with Crippen molar-refractivity contribution < 1.29 is 4.79 Å². The molecule has 0 bridgehead atoms. The highest BCUT2D eigenvalue weighted by atomic mass is 16.2. The van der Waals surface area contributed by atoms with Gasteiger partial charge in [0.1, 0.15) is 6.17 Å². The predicted octanol–water partition coefficient (Wildman–Crippen LogP) is 5.17. The molecule has 3 aromatic carbocycles. The van der Waals surface area contributed by atoms with Gasteiger partial charge in [-0.3, -0.25) is 4.79 Å². The Hall–Kier alpha value is -3.07. The second kappa shape index (κ2) is 7.64. The summed E-state index contributed by atoms with van der Waals surface area (Å²) >= 11 is 0. The van der Waals surface area contributed by atoms with Crippen LogP contribution >= 0.6 is 0 Å². The number of nitrogens with zero attached hydrogens (tertiary/aromatic N) is 2. The average molecular weight is 397 g/mol. The van der Waals surface area contributed by atoms with E-state index < -0.39 is 0 Å². The third-order valence-electron chi connectivity index (χ3n) is 6.86. The number of hydrogen-bond acceptors (Lipinski definition) is 2. The molecule has 5 rings (SSSR count). The Kier molecular flexibility index (Phi) is 4.82. The van der Waals surface area contributed by atoms with E-state index in [4.69, 9.17) is 0 Å². The van der Waals surface area contributed by atoms with Gasteiger partial charge < -0.3 is 9.80 Å². The highest BCUT2D eigenvalue weighted by Gasteiger charge is 2.51. The van der Waals surface area contributed by atoms with Gasteiger partial charge in [-0.2, -0.15) is 0 Å². The lowest BCUT2D eigenvalue weighted by atomic mass is 9.67. The second-order valence-corrected chi connectivity index (χ2v) is 8.79. The van der Waals surface area contributed by atoms with Gasteiger partial charge in [-0.1, -0.05) is 72.8 Å². The molecule has 0 radical (unpaired) electrons. The van der Waals surface area contributed by atoms with Gasteiger partial charge in [-0.25, -0.2) is 0 Å². The number of para-hydroxylation sites is 1. The van der Waals surface area contributed by atoms with Crippen LogP contribution in [-0.4, -0.2) is 30.6 Å². The molecule has 2 aliphatic rings. The molecule has 2 aliphatic heterocycles. The summed E-state index contributed by atoms with van der Waals surface area (Å²) in [6.45, 7) is 0.827. The topological polar surface area (TPSA) is 23.6 Å². The van der Waals surface area contributed by atoms with Crippen LogP contribution in [0.1, 0.15) is 34.3 Å². The van der Waals surface area contributed by atoms with E-state index in [2.05, 4.69) is 83.6 Å². The molecule has 1 saturated heterocycles. The summed E-state index contributed by atoms with van der Waals surface area (Å²) in [6, 6.07) is 29.6. The number of piperidine rings is 1. The number of anilines is 1. The Balaban J connectivity index is 1.63. The summed E-state index contributed by atoms with van der Waals surface area (Å²) < 4.78 is 0. The van der Waals surface area contributed by atoms with Gasteiger partial charge >= 0.3 is 0 Å². The first-order valence-electron chi connectivity index (χ1n) is 10.9. The van der Waals surface area contributed by atoms with Crippen molar-refractivity contribution >= 4 is 11.6 Å². The molecule has 0 spiro atoms. The van der Waals surface area contributed by atoms with E-state index in [0.29, 0.717) is 0 Å². The Bertz CT molecular complexity index is 989. The molecular formula is C27H28N2O. The minimum atomic E-state index is -0.0428. The van der Waals surface area contributed by atoms with Gasteiger partial charge in [0.25, 0.3) is 5.91 Å². The lowest BCUT2D eigenvalue weighted by Gasteiger charge is -2.56. The molecule has 0 aliphatic carbocycles. The molecule has 3 aromatic rings. The number of fused-ring (bicyclic) bond motifs is 2. The number of hydrogen-bond donors (Lipinski definition) is 0. The monoisotopic (exact) mass is 396 g/mol. The minimum absolute atomic E-state index is 0.0428. The van der Waals surface area contributed by atoms with Crippen LogP contribution in [0.2, 0.25) is 0 Å². The normalized spacial score (nSPS) is 19.9. The van der Waals surface area contributed by atoms with Gasteiger partial charge in [0.15, 0.2) is 0 Å². The molecule has 0 N–H and O–H groups in total. The van der Waals surface area contributed by atoms with E-state index in [0.717, 1.165) is 43.5 Å². The van der Waals surface area contributed by atoms with Crippen molar-refractivity contribution in [3.63, 3.8) is 0 Å². The van der Waals surface area contributed by atoms with Crippen LogP contribution < -0.4 is 4.90 Å². The standard InChI is InChI=1S/C27H28N2O/c1-28-24-16-9-8-15-23(24)25(30)29-18-10-17-27(26(28)29,19-21-11-4-2-5-12-21)20-22-13-6-3-7-14-22/h2-9,11-16,26H,10,17-20H2,1H3. The lowest BCUT2D eigenvalue weighted by molar-refractivity contribution is 0.00932.